The first-order valence-electron chi connectivity index (χ1n) is 7.23. The monoisotopic (exact) mass is 306 g/mol. The fourth-order valence-electron chi connectivity index (χ4n) is 2.96. The van der Waals surface area contributed by atoms with Crippen LogP contribution < -0.4 is 14.9 Å². The molecule has 0 N–H and O–H groups in total. The van der Waals surface area contributed by atoms with Crippen LogP contribution in [-0.2, 0) is 0 Å². The molecule has 4 rings (SSSR count). The summed E-state index contributed by atoms with van der Waals surface area (Å²) in [6.07, 6.45) is 0. The third-order valence-corrected chi connectivity index (χ3v) is 4.07. The third kappa shape index (κ3) is 1.95. The van der Waals surface area contributed by atoms with Crippen LogP contribution in [0.1, 0.15) is 0 Å². The molecule has 3 aromatic carbocycles. The predicted octanol–water partition coefficient (Wildman–Crippen LogP) is 4.12. The van der Waals surface area contributed by atoms with Crippen LogP contribution in [0.2, 0.25) is 0 Å². The molecule has 0 aliphatic carbocycles. The number of methoxy groups -OCH3 is 2. The molecule has 0 atom stereocenters. The van der Waals surface area contributed by atoms with Crippen molar-refractivity contribution < 1.29 is 13.9 Å². The lowest BCUT2D eigenvalue weighted by atomic mass is 10.0. The molecular weight excluding hydrogens is 292 g/mol. The lowest BCUT2D eigenvalue weighted by molar-refractivity contribution is 0.415. The third-order valence-electron chi connectivity index (χ3n) is 4.07. The average Bonchev–Trinajstić information content (AvgIpc) is 2.60. The Labute approximate surface area is 131 Å². The summed E-state index contributed by atoms with van der Waals surface area (Å²) in [4.78, 5) is 13.1. The molecule has 0 aliphatic rings. The molecule has 0 amide bonds. The lowest BCUT2D eigenvalue weighted by Gasteiger charge is -2.09. The SMILES string of the molecule is COc1ccc2oc3ccc4cccc(OC)c4c3c(=O)c2c1. The van der Waals surface area contributed by atoms with Crippen molar-refractivity contribution in [3.05, 3.63) is 58.8 Å². The zero-order valence-electron chi connectivity index (χ0n) is 12.8. The van der Waals surface area contributed by atoms with Crippen molar-refractivity contribution in [1.29, 1.82) is 0 Å². The van der Waals surface area contributed by atoms with E-state index in [1.54, 1.807) is 32.4 Å². The minimum Gasteiger partial charge on any atom is -0.497 e. The number of hydrogen-bond acceptors (Lipinski definition) is 4. The van der Waals surface area contributed by atoms with Crippen LogP contribution in [0.4, 0.5) is 0 Å². The quantitative estimate of drug-likeness (QED) is 0.413. The fourth-order valence-corrected chi connectivity index (χ4v) is 2.96. The van der Waals surface area contributed by atoms with Gasteiger partial charge in [-0.1, -0.05) is 18.2 Å². The molecule has 0 spiro atoms. The van der Waals surface area contributed by atoms with Crippen LogP contribution in [0, 0.1) is 0 Å². The normalized spacial score (nSPS) is 11.2. The van der Waals surface area contributed by atoms with Gasteiger partial charge in [0.15, 0.2) is 0 Å². The Morgan fingerprint density at radius 1 is 0.870 bits per heavy atom. The van der Waals surface area contributed by atoms with E-state index in [0.717, 1.165) is 10.8 Å². The highest BCUT2D eigenvalue weighted by Crippen LogP contribution is 2.33. The molecule has 0 aliphatic heterocycles. The Kier molecular flexibility index (Phi) is 2.98. The summed E-state index contributed by atoms with van der Waals surface area (Å²) in [6, 6.07) is 14.7. The smallest absolute Gasteiger partial charge is 0.201 e. The van der Waals surface area contributed by atoms with E-state index in [1.807, 2.05) is 30.3 Å². The topological polar surface area (TPSA) is 48.7 Å². The zero-order chi connectivity index (χ0) is 16.0. The summed E-state index contributed by atoms with van der Waals surface area (Å²) in [5, 5.41) is 2.73. The van der Waals surface area contributed by atoms with Crippen molar-refractivity contribution in [2.24, 2.45) is 0 Å². The van der Waals surface area contributed by atoms with Crippen LogP contribution in [0.5, 0.6) is 11.5 Å². The Morgan fingerprint density at radius 3 is 2.48 bits per heavy atom. The summed E-state index contributed by atoms with van der Waals surface area (Å²) in [5.41, 5.74) is 0.998. The number of benzene rings is 3. The molecule has 4 heteroatoms. The molecule has 23 heavy (non-hydrogen) atoms. The van der Waals surface area contributed by atoms with Crippen molar-refractivity contribution in [1.82, 2.24) is 0 Å². The summed E-state index contributed by atoms with van der Waals surface area (Å²) in [5.74, 6) is 1.28. The number of ether oxygens (including phenoxy) is 2. The highest BCUT2D eigenvalue weighted by molar-refractivity contribution is 6.11. The van der Waals surface area contributed by atoms with Crippen LogP contribution in [0.3, 0.4) is 0 Å². The summed E-state index contributed by atoms with van der Waals surface area (Å²) >= 11 is 0. The maximum Gasteiger partial charge on any atom is 0.201 e. The Hall–Kier alpha value is -3.01. The van der Waals surface area contributed by atoms with Gasteiger partial charge in [0.2, 0.25) is 5.43 Å². The van der Waals surface area contributed by atoms with E-state index >= 15 is 0 Å². The van der Waals surface area contributed by atoms with Gasteiger partial charge in [-0.2, -0.15) is 0 Å². The minimum atomic E-state index is -0.0877. The van der Waals surface area contributed by atoms with Crippen molar-refractivity contribution >= 4 is 32.7 Å². The van der Waals surface area contributed by atoms with Crippen molar-refractivity contribution in [2.75, 3.05) is 14.2 Å². The van der Waals surface area contributed by atoms with Gasteiger partial charge < -0.3 is 13.9 Å². The van der Waals surface area contributed by atoms with E-state index in [1.165, 1.54) is 0 Å². The van der Waals surface area contributed by atoms with Crippen molar-refractivity contribution in [2.45, 2.75) is 0 Å². The first-order valence-corrected chi connectivity index (χ1v) is 7.23. The average molecular weight is 306 g/mol. The fraction of sp³-hybridized carbons (Fsp3) is 0.105. The number of rotatable bonds is 2. The molecule has 0 unspecified atom stereocenters. The molecule has 1 aromatic heterocycles. The lowest BCUT2D eigenvalue weighted by Crippen LogP contribution is -2.03. The van der Waals surface area contributed by atoms with E-state index in [2.05, 4.69) is 0 Å². The highest BCUT2D eigenvalue weighted by atomic mass is 16.5. The van der Waals surface area contributed by atoms with Gasteiger partial charge in [0, 0.05) is 5.39 Å². The van der Waals surface area contributed by atoms with Crippen LogP contribution in [0.15, 0.2) is 57.7 Å². The molecule has 0 saturated carbocycles. The number of hydrogen-bond donors (Lipinski definition) is 0. The van der Waals surface area contributed by atoms with Gasteiger partial charge >= 0.3 is 0 Å². The number of fused-ring (bicyclic) bond motifs is 4. The second kappa shape index (κ2) is 5.02. The van der Waals surface area contributed by atoms with Gasteiger partial charge in [-0.05, 0) is 35.7 Å². The van der Waals surface area contributed by atoms with Crippen LogP contribution >= 0.6 is 0 Å². The van der Waals surface area contributed by atoms with E-state index < -0.39 is 0 Å². The van der Waals surface area contributed by atoms with Crippen molar-refractivity contribution in [3.63, 3.8) is 0 Å². The molecular formula is C19H14O4. The van der Waals surface area contributed by atoms with Gasteiger partial charge in [-0.15, -0.1) is 0 Å². The second-order valence-electron chi connectivity index (χ2n) is 5.29. The van der Waals surface area contributed by atoms with E-state index in [9.17, 15) is 4.79 Å². The summed E-state index contributed by atoms with van der Waals surface area (Å²) in [6.45, 7) is 0. The first kappa shape index (κ1) is 13.6. The predicted molar refractivity (Wildman–Crippen MR) is 90.6 cm³/mol. The molecule has 0 radical (unpaired) electrons. The standard InChI is InChI=1S/C19H14O4/c1-21-12-7-9-14-13(10-12)19(20)18-16(23-14)8-6-11-4-3-5-15(22-2)17(11)18/h3-10H,1-2H3. The Balaban J connectivity index is 2.27. The zero-order valence-corrected chi connectivity index (χ0v) is 12.8. The summed E-state index contributed by atoms with van der Waals surface area (Å²) in [7, 11) is 3.17. The first-order chi connectivity index (χ1) is 11.2. The maximum absolute atomic E-state index is 13.1. The van der Waals surface area contributed by atoms with Gasteiger partial charge in [-0.3, -0.25) is 4.79 Å². The Bertz CT molecular complexity index is 1110. The molecule has 1 heterocycles. The van der Waals surface area contributed by atoms with Gasteiger partial charge in [0.25, 0.3) is 0 Å². The Morgan fingerprint density at radius 2 is 1.70 bits per heavy atom. The van der Waals surface area contributed by atoms with Gasteiger partial charge in [-0.25, -0.2) is 0 Å². The molecule has 4 aromatic rings. The molecule has 0 bridgehead atoms. The second-order valence-corrected chi connectivity index (χ2v) is 5.29. The van der Waals surface area contributed by atoms with Crippen LogP contribution in [-0.4, -0.2) is 14.2 Å². The van der Waals surface area contributed by atoms with Gasteiger partial charge in [0.05, 0.1) is 25.0 Å². The molecule has 4 nitrogen and oxygen atoms in total. The maximum atomic E-state index is 13.1. The van der Waals surface area contributed by atoms with Gasteiger partial charge in [0.1, 0.15) is 22.7 Å². The van der Waals surface area contributed by atoms with Crippen LogP contribution in [0.25, 0.3) is 32.7 Å². The van der Waals surface area contributed by atoms with E-state index in [0.29, 0.717) is 33.4 Å². The molecule has 114 valence electrons. The largest absolute Gasteiger partial charge is 0.497 e. The summed E-state index contributed by atoms with van der Waals surface area (Å²) < 4.78 is 16.6. The van der Waals surface area contributed by atoms with E-state index in [4.69, 9.17) is 13.9 Å². The van der Waals surface area contributed by atoms with E-state index in [-0.39, 0.29) is 5.43 Å². The van der Waals surface area contributed by atoms with Crippen molar-refractivity contribution in [3.8, 4) is 11.5 Å². The molecule has 0 saturated heterocycles. The minimum absolute atomic E-state index is 0.0877. The molecule has 0 fully saturated rings. The highest BCUT2D eigenvalue weighted by Gasteiger charge is 2.14.